The number of hydrogen-bond acceptors (Lipinski definition) is 2. The maximum absolute atomic E-state index is 8.84. The summed E-state index contributed by atoms with van der Waals surface area (Å²) >= 11 is 11.9. The van der Waals surface area contributed by atoms with Gasteiger partial charge in [-0.15, -0.1) is 0 Å². The first kappa shape index (κ1) is 11.9. The molecular formula is C13H8Cl2N2. The van der Waals surface area contributed by atoms with Crippen LogP contribution in [0.25, 0.3) is 11.3 Å². The minimum Gasteiger partial charge on any atom is -0.252 e. The van der Waals surface area contributed by atoms with Crippen LogP contribution in [0.4, 0.5) is 0 Å². The zero-order valence-corrected chi connectivity index (χ0v) is 10.5. The average molecular weight is 263 g/mol. The summed E-state index contributed by atoms with van der Waals surface area (Å²) in [5, 5.41) is 9.97. The number of nitriles is 1. The van der Waals surface area contributed by atoms with Crippen molar-refractivity contribution in [2.24, 2.45) is 0 Å². The second-order valence-corrected chi connectivity index (χ2v) is 4.41. The molecule has 0 radical (unpaired) electrons. The Kier molecular flexibility index (Phi) is 3.33. The van der Waals surface area contributed by atoms with Gasteiger partial charge >= 0.3 is 0 Å². The molecule has 0 N–H and O–H groups in total. The van der Waals surface area contributed by atoms with E-state index in [1.807, 2.05) is 6.07 Å². The van der Waals surface area contributed by atoms with Crippen molar-refractivity contribution >= 4 is 23.2 Å². The SMILES string of the molecule is Cc1nc(-c2ccc(Cl)cc2Cl)ccc1C#N. The van der Waals surface area contributed by atoms with Crippen LogP contribution in [0.1, 0.15) is 11.3 Å². The van der Waals surface area contributed by atoms with Crippen molar-refractivity contribution in [1.29, 1.82) is 5.26 Å². The monoisotopic (exact) mass is 262 g/mol. The number of hydrogen-bond donors (Lipinski definition) is 0. The molecule has 0 amide bonds. The minimum absolute atomic E-state index is 0.550. The standard InChI is InChI=1S/C13H8Cl2N2/c1-8-9(7-16)2-5-13(17-8)11-4-3-10(14)6-12(11)15/h2-6H,1H3. The third-order valence-electron chi connectivity index (χ3n) is 2.41. The van der Waals surface area contributed by atoms with Crippen LogP contribution in [0.3, 0.4) is 0 Å². The molecule has 2 aromatic rings. The minimum atomic E-state index is 0.550. The van der Waals surface area contributed by atoms with Gasteiger partial charge in [0.1, 0.15) is 6.07 Å². The van der Waals surface area contributed by atoms with Crippen molar-refractivity contribution in [1.82, 2.24) is 4.98 Å². The fourth-order valence-electron chi connectivity index (χ4n) is 1.53. The summed E-state index contributed by atoms with van der Waals surface area (Å²) in [6.07, 6.45) is 0. The third kappa shape index (κ3) is 2.41. The Balaban J connectivity index is 2.54. The van der Waals surface area contributed by atoms with E-state index < -0.39 is 0 Å². The lowest BCUT2D eigenvalue weighted by Gasteiger charge is -2.05. The molecule has 0 aliphatic heterocycles. The number of rotatable bonds is 1. The van der Waals surface area contributed by atoms with Gasteiger partial charge in [0.05, 0.1) is 22.0 Å². The lowest BCUT2D eigenvalue weighted by molar-refractivity contribution is 1.18. The largest absolute Gasteiger partial charge is 0.252 e. The van der Waals surface area contributed by atoms with Crippen molar-refractivity contribution in [3.63, 3.8) is 0 Å². The molecule has 1 aromatic carbocycles. The molecular weight excluding hydrogens is 255 g/mol. The van der Waals surface area contributed by atoms with Crippen LogP contribution in [0, 0.1) is 18.3 Å². The van der Waals surface area contributed by atoms with Gasteiger partial charge in [-0.05, 0) is 37.3 Å². The normalized spacial score (nSPS) is 10.0. The van der Waals surface area contributed by atoms with Crippen molar-refractivity contribution in [3.8, 4) is 17.3 Å². The number of nitrogens with zero attached hydrogens (tertiary/aromatic N) is 2. The van der Waals surface area contributed by atoms with Crippen molar-refractivity contribution < 1.29 is 0 Å². The van der Waals surface area contributed by atoms with Gasteiger partial charge in [0, 0.05) is 10.6 Å². The molecule has 0 atom stereocenters. The zero-order chi connectivity index (χ0) is 12.4. The molecule has 0 saturated heterocycles. The smallest absolute Gasteiger partial charge is 0.101 e. The van der Waals surface area contributed by atoms with Crippen LogP contribution in [0.5, 0.6) is 0 Å². The number of benzene rings is 1. The highest BCUT2D eigenvalue weighted by atomic mass is 35.5. The van der Waals surface area contributed by atoms with Gasteiger partial charge in [0.2, 0.25) is 0 Å². The van der Waals surface area contributed by atoms with E-state index in [-0.39, 0.29) is 0 Å². The summed E-state index contributed by atoms with van der Waals surface area (Å²) in [7, 11) is 0. The molecule has 1 heterocycles. The summed E-state index contributed by atoms with van der Waals surface area (Å²) in [5.41, 5.74) is 2.81. The average Bonchev–Trinajstić information content (AvgIpc) is 2.29. The van der Waals surface area contributed by atoms with Gasteiger partial charge in [-0.3, -0.25) is 4.98 Å². The van der Waals surface area contributed by atoms with E-state index in [0.717, 1.165) is 11.3 Å². The molecule has 0 bridgehead atoms. The van der Waals surface area contributed by atoms with Gasteiger partial charge in [-0.1, -0.05) is 23.2 Å². The van der Waals surface area contributed by atoms with Crippen LogP contribution in [-0.4, -0.2) is 4.98 Å². The summed E-state index contributed by atoms with van der Waals surface area (Å²) in [6, 6.07) is 10.9. The van der Waals surface area contributed by atoms with Crippen LogP contribution in [-0.2, 0) is 0 Å². The number of halogens is 2. The molecule has 0 spiro atoms. The third-order valence-corrected chi connectivity index (χ3v) is 2.96. The highest BCUT2D eigenvalue weighted by molar-refractivity contribution is 6.36. The molecule has 2 rings (SSSR count). The number of pyridine rings is 1. The van der Waals surface area contributed by atoms with E-state index in [0.29, 0.717) is 21.3 Å². The highest BCUT2D eigenvalue weighted by Gasteiger charge is 2.07. The van der Waals surface area contributed by atoms with Crippen molar-refractivity contribution in [2.45, 2.75) is 6.92 Å². The predicted molar refractivity (Wildman–Crippen MR) is 69.1 cm³/mol. The summed E-state index contributed by atoms with van der Waals surface area (Å²) < 4.78 is 0. The first-order chi connectivity index (χ1) is 8.11. The first-order valence-corrected chi connectivity index (χ1v) is 5.70. The molecule has 0 saturated carbocycles. The Hall–Kier alpha value is -1.56. The van der Waals surface area contributed by atoms with E-state index in [2.05, 4.69) is 11.1 Å². The summed E-state index contributed by atoms with van der Waals surface area (Å²) in [6.45, 7) is 1.80. The van der Waals surface area contributed by atoms with E-state index >= 15 is 0 Å². The Bertz CT molecular complexity index is 615. The van der Waals surface area contributed by atoms with Crippen LogP contribution in [0.15, 0.2) is 30.3 Å². The Labute approximate surface area is 109 Å². The van der Waals surface area contributed by atoms with Crippen molar-refractivity contribution in [3.05, 3.63) is 51.6 Å². The maximum atomic E-state index is 8.84. The van der Waals surface area contributed by atoms with Gasteiger partial charge in [0.15, 0.2) is 0 Å². The molecule has 84 valence electrons. The van der Waals surface area contributed by atoms with E-state index in [4.69, 9.17) is 28.5 Å². The molecule has 17 heavy (non-hydrogen) atoms. The molecule has 2 nitrogen and oxygen atoms in total. The molecule has 4 heteroatoms. The first-order valence-electron chi connectivity index (χ1n) is 4.95. The molecule has 0 fully saturated rings. The Morgan fingerprint density at radius 2 is 1.94 bits per heavy atom. The maximum Gasteiger partial charge on any atom is 0.101 e. The Morgan fingerprint density at radius 1 is 1.18 bits per heavy atom. The summed E-state index contributed by atoms with van der Waals surface area (Å²) in [4.78, 5) is 4.35. The molecule has 0 aliphatic rings. The van der Waals surface area contributed by atoms with Crippen molar-refractivity contribution in [2.75, 3.05) is 0 Å². The number of aromatic nitrogens is 1. The quantitative estimate of drug-likeness (QED) is 0.771. The second kappa shape index (κ2) is 4.75. The zero-order valence-electron chi connectivity index (χ0n) is 9.04. The van der Waals surface area contributed by atoms with Gasteiger partial charge in [0.25, 0.3) is 0 Å². The predicted octanol–water partition coefficient (Wildman–Crippen LogP) is 4.24. The fourth-order valence-corrected chi connectivity index (χ4v) is 2.03. The molecule has 0 aliphatic carbocycles. The fraction of sp³-hybridized carbons (Fsp3) is 0.0769. The second-order valence-electron chi connectivity index (χ2n) is 3.57. The van der Waals surface area contributed by atoms with Crippen LogP contribution >= 0.6 is 23.2 Å². The topological polar surface area (TPSA) is 36.7 Å². The lowest BCUT2D eigenvalue weighted by Crippen LogP contribution is -1.91. The van der Waals surface area contributed by atoms with Gasteiger partial charge in [-0.25, -0.2) is 0 Å². The highest BCUT2D eigenvalue weighted by Crippen LogP contribution is 2.29. The lowest BCUT2D eigenvalue weighted by atomic mass is 10.1. The van der Waals surface area contributed by atoms with E-state index in [1.165, 1.54) is 0 Å². The van der Waals surface area contributed by atoms with Gasteiger partial charge < -0.3 is 0 Å². The summed E-state index contributed by atoms with van der Waals surface area (Å²) in [5.74, 6) is 0. The molecule has 0 unspecified atom stereocenters. The number of aryl methyl sites for hydroxylation is 1. The van der Waals surface area contributed by atoms with Gasteiger partial charge in [-0.2, -0.15) is 5.26 Å². The Morgan fingerprint density at radius 3 is 2.53 bits per heavy atom. The molecule has 1 aromatic heterocycles. The van der Waals surface area contributed by atoms with Crippen LogP contribution < -0.4 is 0 Å². The van der Waals surface area contributed by atoms with E-state index in [9.17, 15) is 0 Å². The van der Waals surface area contributed by atoms with E-state index in [1.54, 1.807) is 31.2 Å². The van der Waals surface area contributed by atoms with Crippen LogP contribution in [0.2, 0.25) is 10.0 Å².